The first-order chi connectivity index (χ1) is 19.2. The van der Waals surface area contributed by atoms with Gasteiger partial charge in [0.05, 0.1) is 12.2 Å². The quantitative estimate of drug-likeness (QED) is 0.224. The second-order valence-electron chi connectivity index (χ2n) is 9.03. The highest BCUT2D eigenvalue weighted by Gasteiger charge is 2.27. The van der Waals surface area contributed by atoms with Crippen molar-refractivity contribution < 1.29 is 18.8 Å². The Morgan fingerprint density at radius 2 is 1.95 bits per heavy atom. The second-order valence-corrected chi connectivity index (χ2v) is 9.03. The summed E-state index contributed by atoms with van der Waals surface area (Å²) in [5.41, 5.74) is 11.3. The maximum absolute atomic E-state index is 13.9. The molecule has 0 saturated carbocycles. The SMILES string of the molecule is C=CC(=O)Nc1cc(CNC2=C(N)CN(C(=O)c3ccc[nH]3)CC2C)ccc1F.C=O.Cc1cccc(C=N)c1. The van der Waals surface area contributed by atoms with Crippen LogP contribution >= 0.6 is 0 Å². The third-order valence-electron chi connectivity index (χ3n) is 5.98. The molecule has 1 atom stereocenters. The van der Waals surface area contributed by atoms with Gasteiger partial charge in [-0.25, -0.2) is 4.39 Å². The standard InChI is InChI=1S/C21H24FN5O2.C8H9N.CH2O/c1-3-19(28)26-18-9-14(6-7-15(18)22)10-25-20-13(2)11-27(12-16(20)23)21(29)17-5-4-8-24-17;1-7-3-2-4-8(5-7)6-9;1-2/h3-9,13,24-25H,1,10-12,23H2,2H3,(H,26,28);2-6,9H,1H3;1H2. The molecule has 3 aromatic rings. The Balaban J connectivity index is 0.000000428. The number of H-pyrrole nitrogens is 1. The molecule has 1 unspecified atom stereocenters. The molecule has 210 valence electrons. The molecule has 0 bridgehead atoms. The number of benzene rings is 2. The van der Waals surface area contributed by atoms with E-state index in [0.29, 0.717) is 31.0 Å². The second kappa shape index (κ2) is 15.4. The zero-order valence-electron chi connectivity index (χ0n) is 22.7. The Kier molecular flexibility index (Phi) is 12.0. The number of carbonyl (C=O) groups excluding carboxylic acids is 3. The molecule has 0 fully saturated rings. The lowest BCUT2D eigenvalue weighted by molar-refractivity contribution is -0.112. The van der Waals surface area contributed by atoms with Gasteiger partial charge in [0.2, 0.25) is 5.91 Å². The predicted molar refractivity (Wildman–Crippen MR) is 155 cm³/mol. The number of carbonyl (C=O) groups is 3. The minimum atomic E-state index is -0.521. The van der Waals surface area contributed by atoms with Gasteiger partial charge in [-0.15, -0.1) is 0 Å². The molecule has 1 aliphatic rings. The molecule has 1 aliphatic heterocycles. The molecule has 2 amide bonds. The van der Waals surface area contributed by atoms with Crippen LogP contribution < -0.4 is 16.4 Å². The Morgan fingerprint density at radius 3 is 2.52 bits per heavy atom. The fraction of sp³-hybridized carbons (Fsp3) is 0.200. The summed E-state index contributed by atoms with van der Waals surface area (Å²) in [6.07, 6.45) is 4.15. The Bertz CT molecular complexity index is 1350. The summed E-state index contributed by atoms with van der Waals surface area (Å²) in [7, 11) is 0. The zero-order valence-corrected chi connectivity index (χ0v) is 22.7. The number of amides is 2. The van der Waals surface area contributed by atoms with Gasteiger partial charge in [0.25, 0.3) is 5.91 Å². The van der Waals surface area contributed by atoms with Crippen LogP contribution in [0.2, 0.25) is 0 Å². The summed E-state index contributed by atoms with van der Waals surface area (Å²) in [4.78, 5) is 36.6. The molecule has 6 N–H and O–H groups in total. The number of hydrogen-bond donors (Lipinski definition) is 5. The maximum atomic E-state index is 13.9. The van der Waals surface area contributed by atoms with E-state index in [9.17, 15) is 14.0 Å². The minimum absolute atomic E-state index is 0.0167. The van der Waals surface area contributed by atoms with Crippen LogP contribution in [0.25, 0.3) is 0 Å². The third kappa shape index (κ3) is 8.80. The Hall–Kier alpha value is -4.99. The molecule has 9 nitrogen and oxygen atoms in total. The summed E-state index contributed by atoms with van der Waals surface area (Å²) < 4.78 is 13.9. The average Bonchev–Trinajstić information content (AvgIpc) is 3.50. The largest absolute Gasteiger partial charge is 0.399 e. The molecule has 2 aromatic carbocycles. The van der Waals surface area contributed by atoms with E-state index in [1.807, 2.05) is 44.9 Å². The average molecular weight is 547 g/mol. The van der Waals surface area contributed by atoms with Crippen molar-refractivity contribution in [2.45, 2.75) is 20.4 Å². The topological polar surface area (TPSA) is 144 Å². The minimum Gasteiger partial charge on any atom is -0.399 e. The zero-order chi connectivity index (χ0) is 29.7. The van der Waals surface area contributed by atoms with Crippen molar-refractivity contribution in [2.75, 3.05) is 18.4 Å². The lowest BCUT2D eigenvalue weighted by Crippen LogP contribution is -2.45. The van der Waals surface area contributed by atoms with Gasteiger partial charge in [-0.1, -0.05) is 49.4 Å². The molecular weight excluding hydrogens is 511 g/mol. The lowest BCUT2D eigenvalue weighted by Gasteiger charge is -2.34. The van der Waals surface area contributed by atoms with Gasteiger partial charge < -0.3 is 36.5 Å². The van der Waals surface area contributed by atoms with Crippen molar-refractivity contribution in [2.24, 2.45) is 11.7 Å². The Labute approximate surface area is 233 Å². The number of halogens is 1. The number of nitrogens with zero attached hydrogens (tertiary/aromatic N) is 1. The highest BCUT2D eigenvalue weighted by Crippen LogP contribution is 2.22. The van der Waals surface area contributed by atoms with Crippen molar-refractivity contribution in [1.82, 2.24) is 15.2 Å². The molecule has 10 heteroatoms. The number of nitrogens with one attached hydrogen (secondary N) is 4. The van der Waals surface area contributed by atoms with Crippen LogP contribution in [0.5, 0.6) is 0 Å². The van der Waals surface area contributed by atoms with Gasteiger partial charge in [0.1, 0.15) is 18.3 Å². The van der Waals surface area contributed by atoms with Gasteiger partial charge >= 0.3 is 0 Å². The van der Waals surface area contributed by atoms with E-state index in [1.54, 1.807) is 35.4 Å². The molecule has 2 heterocycles. The van der Waals surface area contributed by atoms with Crippen molar-refractivity contribution in [3.05, 3.63) is 113 Å². The first-order valence-corrected chi connectivity index (χ1v) is 12.4. The fourth-order valence-electron chi connectivity index (χ4n) is 4.09. The summed E-state index contributed by atoms with van der Waals surface area (Å²) >= 11 is 0. The molecule has 4 rings (SSSR count). The van der Waals surface area contributed by atoms with E-state index in [-0.39, 0.29) is 17.5 Å². The number of nitrogens with two attached hydrogens (primary N) is 1. The molecule has 0 aliphatic carbocycles. The van der Waals surface area contributed by atoms with Crippen LogP contribution in [-0.4, -0.2) is 47.8 Å². The van der Waals surface area contributed by atoms with Gasteiger partial charge in [0.15, 0.2) is 0 Å². The van der Waals surface area contributed by atoms with Crippen LogP contribution in [0.4, 0.5) is 10.1 Å². The highest BCUT2D eigenvalue weighted by atomic mass is 19.1. The monoisotopic (exact) mass is 546 g/mol. The number of aromatic amines is 1. The number of rotatable bonds is 7. The number of hydrogen-bond acceptors (Lipinski definition) is 6. The number of aryl methyl sites for hydroxylation is 1. The normalized spacial score (nSPS) is 14.1. The van der Waals surface area contributed by atoms with Crippen LogP contribution in [0.15, 0.2) is 84.8 Å². The van der Waals surface area contributed by atoms with E-state index in [1.165, 1.54) is 17.8 Å². The molecule has 0 spiro atoms. The van der Waals surface area contributed by atoms with Crippen LogP contribution in [0, 0.1) is 24.1 Å². The maximum Gasteiger partial charge on any atom is 0.270 e. The van der Waals surface area contributed by atoms with Crippen molar-refractivity contribution in [3.8, 4) is 0 Å². The van der Waals surface area contributed by atoms with Gasteiger partial charge in [-0.05, 0) is 48.4 Å². The van der Waals surface area contributed by atoms with Crippen LogP contribution in [0.3, 0.4) is 0 Å². The van der Waals surface area contributed by atoms with Gasteiger partial charge in [-0.3, -0.25) is 9.59 Å². The van der Waals surface area contributed by atoms with Gasteiger partial charge in [0, 0.05) is 42.8 Å². The third-order valence-corrected chi connectivity index (χ3v) is 5.98. The van der Waals surface area contributed by atoms with Crippen LogP contribution in [-0.2, 0) is 16.1 Å². The van der Waals surface area contributed by atoms with E-state index >= 15 is 0 Å². The predicted octanol–water partition coefficient (Wildman–Crippen LogP) is 4.14. The van der Waals surface area contributed by atoms with Crippen molar-refractivity contribution >= 4 is 30.5 Å². The molecule has 40 heavy (non-hydrogen) atoms. The highest BCUT2D eigenvalue weighted by molar-refractivity contribution is 5.99. The lowest BCUT2D eigenvalue weighted by atomic mass is 10.00. The first kappa shape index (κ1) is 31.2. The van der Waals surface area contributed by atoms with Gasteiger partial charge in [-0.2, -0.15) is 0 Å². The van der Waals surface area contributed by atoms with Crippen molar-refractivity contribution in [3.63, 3.8) is 0 Å². The molecule has 0 radical (unpaired) electrons. The summed E-state index contributed by atoms with van der Waals surface area (Å²) in [6, 6.07) is 15.9. The van der Waals surface area contributed by atoms with Crippen molar-refractivity contribution in [1.29, 1.82) is 5.41 Å². The smallest absolute Gasteiger partial charge is 0.270 e. The van der Waals surface area contributed by atoms with E-state index in [2.05, 4.69) is 22.2 Å². The molecule has 1 aromatic heterocycles. The molecular formula is C30H35FN6O3. The number of anilines is 1. The first-order valence-electron chi connectivity index (χ1n) is 12.4. The summed E-state index contributed by atoms with van der Waals surface area (Å²) in [6.45, 7) is 10.6. The fourth-order valence-corrected chi connectivity index (χ4v) is 4.09. The summed E-state index contributed by atoms with van der Waals surface area (Å²) in [5, 5.41) is 12.7. The Morgan fingerprint density at radius 1 is 1.20 bits per heavy atom. The van der Waals surface area contributed by atoms with Crippen LogP contribution in [0.1, 0.15) is 34.1 Å². The summed E-state index contributed by atoms with van der Waals surface area (Å²) in [5.74, 6) is -1.08. The molecule has 0 saturated heterocycles. The number of aromatic nitrogens is 1. The van der Waals surface area contributed by atoms with E-state index < -0.39 is 11.7 Å². The van der Waals surface area contributed by atoms with E-state index in [0.717, 1.165) is 22.9 Å². The van der Waals surface area contributed by atoms with E-state index in [4.69, 9.17) is 15.9 Å².